The Balaban J connectivity index is 1.70. The van der Waals surface area contributed by atoms with E-state index in [1.165, 1.54) is 35.7 Å². The van der Waals surface area contributed by atoms with Crippen LogP contribution < -0.4 is 14.4 Å². The second-order valence-corrected chi connectivity index (χ2v) is 8.68. The molecule has 1 aliphatic rings. The lowest BCUT2D eigenvalue weighted by Gasteiger charge is -2.31. The van der Waals surface area contributed by atoms with E-state index in [1.807, 2.05) is 0 Å². The Labute approximate surface area is 164 Å². The maximum atomic E-state index is 14.3. The summed E-state index contributed by atoms with van der Waals surface area (Å²) in [4.78, 5) is 5.69. The minimum absolute atomic E-state index is 0.0369. The van der Waals surface area contributed by atoms with E-state index in [1.54, 1.807) is 28.5 Å². The fraction of sp³-hybridized carbons (Fsp3) is 0.118. The van der Waals surface area contributed by atoms with Crippen molar-refractivity contribution in [1.82, 2.24) is 4.98 Å². The van der Waals surface area contributed by atoms with Gasteiger partial charge in [0, 0.05) is 22.7 Å². The summed E-state index contributed by atoms with van der Waals surface area (Å²) < 4.78 is 47.4. The van der Waals surface area contributed by atoms with Crippen LogP contribution in [0.4, 0.5) is 20.9 Å². The van der Waals surface area contributed by atoms with Crippen molar-refractivity contribution < 1.29 is 17.5 Å². The summed E-state index contributed by atoms with van der Waals surface area (Å²) in [6.07, 6.45) is 1.51. The van der Waals surface area contributed by atoms with Gasteiger partial charge in [-0.25, -0.2) is 17.8 Å². The molecule has 6 nitrogen and oxygen atoms in total. The molecule has 0 saturated heterocycles. The second-order valence-electron chi connectivity index (χ2n) is 5.67. The van der Waals surface area contributed by atoms with E-state index in [-0.39, 0.29) is 10.0 Å². The van der Waals surface area contributed by atoms with E-state index in [2.05, 4.69) is 9.71 Å². The zero-order valence-corrected chi connectivity index (χ0v) is 16.1. The summed E-state index contributed by atoms with van der Waals surface area (Å²) in [6.45, 7) is 0.716. The van der Waals surface area contributed by atoms with Crippen molar-refractivity contribution >= 4 is 49.5 Å². The number of thiazole rings is 1. The number of fused-ring (bicyclic) bond motifs is 1. The zero-order chi connectivity index (χ0) is 19.0. The Kier molecular flexibility index (Phi) is 4.67. The average molecular weight is 426 g/mol. The van der Waals surface area contributed by atoms with Crippen molar-refractivity contribution in [1.29, 1.82) is 0 Å². The van der Waals surface area contributed by atoms with Crippen LogP contribution in [0.3, 0.4) is 0 Å². The van der Waals surface area contributed by atoms with Crippen LogP contribution in [0.25, 0.3) is 0 Å². The highest BCUT2D eigenvalue weighted by molar-refractivity contribution is 7.93. The van der Waals surface area contributed by atoms with Gasteiger partial charge in [-0.3, -0.25) is 4.72 Å². The highest BCUT2D eigenvalue weighted by Gasteiger charge is 2.25. The van der Waals surface area contributed by atoms with Gasteiger partial charge in [0.05, 0.1) is 22.8 Å². The molecule has 0 radical (unpaired) electrons. The molecule has 2 aromatic carbocycles. The van der Waals surface area contributed by atoms with Crippen LogP contribution in [-0.2, 0) is 10.0 Å². The number of nitrogens with zero attached hydrogens (tertiary/aromatic N) is 2. The van der Waals surface area contributed by atoms with E-state index >= 15 is 0 Å². The van der Waals surface area contributed by atoms with Gasteiger partial charge >= 0.3 is 0 Å². The fourth-order valence-corrected chi connectivity index (χ4v) is 4.73. The minimum atomic E-state index is -3.80. The lowest BCUT2D eigenvalue weighted by atomic mass is 10.2. The molecule has 1 N–H and O–H groups in total. The molecule has 4 rings (SSSR count). The second kappa shape index (κ2) is 6.99. The molecule has 0 unspecified atom stereocenters. The van der Waals surface area contributed by atoms with Gasteiger partial charge in [0.25, 0.3) is 10.0 Å². The van der Waals surface area contributed by atoms with E-state index in [0.717, 1.165) is 0 Å². The highest BCUT2D eigenvalue weighted by atomic mass is 35.5. The molecule has 0 spiro atoms. The van der Waals surface area contributed by atoms with Crippen LogP contribution in [0.2, 0.25) is 5.02 Å². The maximum Gasteiger partial charge on any atom is 0.263 e. The number of sulfonamides is 1. The fourth-order valence-electron chi connectivity index (χ4n) is 2.77. The molecule has 27 heavy (non-hydrogen) atoms. The predicted octanol–water partition coefficient (Wildman–Crippen LogP) is 4.27. The van der Waals surface area contributed by atoms with Crippen LogP contribution in [0.1, 0.15) is 0 Å². The first-order valence-corrected chi connectivity index (χ1v) is 10.6. The molecule has 140 valence electrons. The summed E-state index contributed by atoms with van der Waals surface area (Å²) in [5.41, 5.74) is 0.927. The van der Waals surface area contributed by atoms with Gasteiger partial charge in [0.2, 0.25) is 0 Å². The average Bonchev–Trinajstić information content (AvgIpc) is 3.13. The molecule has 0 aliphatic carbocycles. The summed E-state index contributed by atoms with van der Waals surface area (Å²) in [5.74, 6) is -0.102. The largest absolute Gasteiger partial charge is 0.489 e. The highest BCUT2D eigenvalue weighted by Crippen LogP contribution is 2.39. The molecule has 3 aromatic rings. The molecule has 0 amide bonds. The number of halogens is 2. The molecule has 0 saturated carbocycles. The first-order chi connectivity index (χ1) is 12.9. The minimum Gasteiger partial charge on any atom is -0.489 e. The van der Waals surface area contributed by atoms with Crippen LogP contribution in [0.5, 0.6) is 5.75 Å². The molecule has 0 bridgehead atoms. The van der Waals surface area contributed by atoms with Crippen molar-refractivity contribution in [3.8, 4) is 5.75 Å². The van der Waals surface area contributed by atoms with Gasteiger partial charge in [-0.05, 0) is 30.3 Å². The SMILES string of the molecule is O=S(=O)(Nc1nccs1)c1ccc2c(c1)OCCN2c1ccc(Cl)cc1F. The predicted molar refractivity (Wildman–Crippen MR) is 103 cm³/mol. The third kappa shape index (κ3) is 3.58. The summed E-state index contributed by atoms with van der Waals surface area (Å²) in [6, 6.07) is 8.89. The maximum absolute atomic E-state index is 14.3. The lowest BCUT2D eigenvalue weighted by Crippen LogP contribution is -2.29. The van der Waals surface area contributed by atoms with Gasteiger partial charge in [-0.15, -0.1) is 11.3 Å². The van der Waals surface area contributed by atoms with Gasteiger partial charge in [0.1, 0.15) is 18.2 Å². The Morgan fingerprint density at radius 2 is 2.04 bits per heavy atom. The van der Waals surface area contributed by atoms with Crippen molar-refractivity contribution in [2.75, 3.05) is 22.8 Å². The molecule has 2 heterocycles. The molecular formula is C17H13ClFN3O3S2. The normalized spacial score (nSPS) is 13.8. The quantitative estimate of drug-likeness (QED) is 0.676. The number of nitrogens with one attached hydrogen (secondary N) is 1. The van der Waals surface area contributed by atoms with Crippen LogP contribution in [-0.4, -0.2) is 26.6 Å². The van der Waals surface area contributed by atoms with Crippen molar-refractivity contribution in [3.63, 3.8) is 0 Å². The van der Waals surface area contributed by atoms with E-state index in [0.29, 0.717) is 35.3 Å². The number of hydrogen-bond donors (Lipinski definition) is 1. The smallest absolute Gasteiger partial charge is 0.263 e. The van der Waals surface area contributed by atoms with Crippen molar-refractivity contribution in [2.45, 2.75) is 4.90 Å². The molecular weight excluding hydrogens is 413 g/mol. The Morgan fingerprint density at radius 1 is 1.22 bits per heavy atom. The number of ether oxygens (including phenoxy) is 1. The molecule has 1 aliphatic heterocycles. The standard InChI is InChI=1S/C17H13ClFN3O3S2/c18-11-1-3-14(13(19)9-11)22-6-7-25-16-10-12(2-4-15(16)22)27(23,24)21-17-20-5-8-26-17/h1-5,8-10H,6-7H2,(H,20,21). The lowest BCUT2D eigenvalue weighted by molar-refractivity contribution is 0.312. The third-order valence-electron chi connectivity index (χ3n) is 3.96. The van der Waals surface area contributed by atoms with E-state index in [9.17, 15) is 12.8 Å². The Hall–Kier alpha value is -2.36. The van der Waals surface area contributed by atoms with Gasteiger partial charge in [-0.1, -0.05) is 11.6 Å². The number of aromatic nitrogens is 1. The first-order valence-electron chi connectivity index (χ1n) is 7.86. The molecule has 0 atom stereocenters. The number of rotatable bonds is 4. The van der Waals surface area contributed by atoms with Gasteiger partial charge < -0.3 is 9.64 Å². The number of hydrogen-bond acceptors (Lipinski definition) is 6. The van der Waals surface area contributed by atoms with Crippen LogP contribution >= 0.6 is 22.9 Å². The van der Waals surface area contributed by atoms with Crippen LogP contribution in [0.15, 0.2) is 52.9 Å². The summed E-state index contributed by atoms with van der Waals surface area (Å²) >= 11 is 7.00. The topological polar surface area (TPSA) is 71.5 Å². The monoisotopic (exact) mass is 425 g/mol. The number of benzene rings is 2. The molecule has 0 fully saturated rings. The first kappa shape index (κ1) is 18.0. The Bertz CT molecular complexity index is 1090. The van der Waals surface area contributed by atoms with Crippen molar-refractivity contribution in [2.24, 2.45) is 0 Å². The van der Waals surface area contributed by atoms with Gasteiger partial charge in [-0.2, -0.15) is 0 Å². The summed E-state index contributed by atoms with van der Waals surface area (Å²) in [5, 5.41) is 2.25. The van der Waals surface area contributed by atoms with Gasteiger partial charge in [0.15, 0.2) is 5.13 Å². The summed E-state index contributed by atoms with van der Waals surface area (Å²) in [7, 11) is -3.80. The Morgan fingerprint density at radius 3 is 2.78 bits per heavy atom. The molecule has 1 aromatic heterocycles. The zero-order valence-electron chi connectivity index (χ0n) is 13.7. The van der Waals surface area contributed by atoms with E-state index in [4.69, 9.17) is 16.3 Å². The molecule has 10 heteroatoms. The van der Waals surface area contributed by atoms with E-state index < -0.39 is 15.8 Å². The third-order valence-corrected chi connectivity index (χ3v) is 6.35. The van der Waals surface area contributed by atoms with Crippen molar-refractivity contribution in [3.05, 3.63) is 58.8 Å². The van der Waals surface area contributed by atoms with Crippen LogP contribution in [0, 0.1) is 5.82 Å². The number of anilines is 3.